The monoisotopic (exact) mass is 278 g/mol. The molecule has 1 amide bonds. The molecule has 0 spiro atoms. The first-order valence-corrected chi connectivity index (χ1v) is 8.84. The van der Waals surface area contributed by atoms with Gasteiger partial charge in [0.15, 0.2) is 9.84 Å². The van der Waals surface area contributed by atoms with Crippen molar-refractivity contribution in [3.05, 3.63) is 0 Å². The number of amides is 1. The number of sulfone groups is 1. The molecule has 2 fully saturated rings. The lowest BCUT2D eigenvalue weighted by Gasteiger charge is -2.29. The first kappa shape index (κ1) is 13.2. The van der Waals surface area contributed by atoms with Gasteiger partial charge in [0, 0.05) is 43.6 Å². The molecule has 0 bridgehead atoms. The maximum atomic E-state index is 12.0. The molecular weight excluding hydrogens is 260 g/mol. The first-order chi connectivity index (χ1) is 8.07. The first-order valence-electron chi connectivity index (χ1n) is 5.86. The highest BCUT2D eigenvalue weighted by atomic mass is 32.2. The molecule has 2 aliphatic heterocycles. The third-order valence-corrected chi connectivity index (χ3v) is 5.86. The SMILES string of the molecule is O=C(CC1CSCCN1)N1CCS(=O)(=O)CC1. The zero-order valence-electron chi connectivity index (χ0n) is 9.72. The summed E-state index contributed by atoms with van der Waals surface area (Å²) in [7, 11) is -2.90. The number of thioether (sulfide) groups is 1. The number of nitrogens with one attached hydrogen (secondary N) is 1. The van der Waals surface area contributed by atoms with Crippen molar-refractivity contribution in [1.29, 1.82) is 0 Å². The Hall–Kier alpha value is -0.270. The molecule has 2 heterocycles. The number of carbonyl (C=O) groups excluding carboxylic acids is 1. The molecule has 98 valence electrons. The molecular formula is C10H18N2O3S2. The molecule has 1 unspecified atom stereocenters. The van der Waals surface area contributed by atoms with Gasteiger partial charge >= 0.3 is 0 Å². The Balaban J connectivity index is 1.80. The molecule has 0 aromatic rings. The van der Waals surface area contributed by atoms with Crippen molar-refractivity contribution in [1.82, 2.24) is 10.2 Å². The Kier molecular flexibility index (Phi) is 4.32. The topological polar surface area (TPSA) is 66.5 Å². The minimum atomic E-state index is -2.90. The summed E-state index contributed by atoms with van der Waals surface area (Å²) in [6, 6.07) is 0.250. The van der Waals surface area contributed by atoms with Crippen LogP contribution in [0.15, 0.2) is 0 Å². The van der Waals surface area contributed by atoms with E-state index in [9.17, 15) is 13.2 Å². The highest BCUT2D eigenvalue weighted by molar-refractivity contribution is 7.99. The highest BCUT2D eigenvalue weighted by Crippen LogP contribution is 2.13. The molecule has 2 rings (SSSR count). The normalized spacial score (nSPS) is 28.9. The van der Waals surface area contributed by atoms with E-state index >= 15 is 0 Å². The Morgan fingerprint density at radius 1 is 1.35 bits per heavy atom. The van der Waals surface area contributed by atoms with Crippen molar-refractivity contribution >= 4 is 27.5 Å². The highest BCUT2D eigenvalue weighted by Gasteiger charge is 2.26. The Labute approximate surface area is 106 Å². The summed E-state index contributed by atoms with van der Waals surface area (Å²) >= 11 is 1.86. The van der Waals surface area contributed by atoms with Gasteiger partial charge in [-0.1, -0.05) is 0 Å². The maximum absolute atomic E-state index is 12.0. The number of hydrogen-bond acceptors (Lipinski definition) is 5. The second-order valence-corrected chi connectivity index (χ2v) is 7.92. The largest absolute Gasteiger partial charge is 0.341 e. The van der Waals surface area contributed by atoms with E-state index in [1.54, 1.807) is 4.90 Å². The lowest BCUT2D eigenvalue weighted by atomic mass is 10.2. The Morgan fingerprint density at radius 3 is 2.65 bits per heavy atom. The average molecular weight is 278 g/mol. The third-order valence-electron chi connectivity index (χ3n) is 3.12. The summed E-state index contributed by atoms with van der Waals surface area (Å²) in [6.45, 7) is 1.68. The van der Waals surface area contributed by atoms with Gasteiger partial charge in [0.1, 0.15) is 0 Å². The minimum Gasteiger partial charge on any atom is -0.341 e. The van der Waals surface area contributed by atoms with Crippen molar-refractivity contribution in [2.24, 2.45) is 0 Å². The second kappa shape index (κ2) is 5.58. The van der Waals surface area contributed by atoms with Crippen molar-refractivity contribution < 1.29 is 13.2 Å². The van der Waals surface area contributed by atoms with Crippen LogP contribution in [0.1, 0.15) is 6.42 Å². The molecule has 5 nitrogen and oxygen atoms in total. The van der Waals surface area contributed by atoms with Crippen LogP contribution in [0.3, 0.4) is 0 Å². The van der Waals surface area contributed by atoms with Gasteiger partial charge in [-0.15, -0.1) is 0 Å². The molecule has 1 N–H and O–H groups in total. The van der Waals surface area contributed by atoms with Gasteiger partial charge < -0.3 is 10.2 Å². The quantitative estimate of drug-likeness (QED) is 0.726. The van der Waals surface area contributed by atoms with Crippen LogP contribution in [0, 0.1) is 0 Å². The van der Waals surface area contributed by atoms with Gasteiger partial charge in [0.25, 0.3) is 0 Å². The van der Waals surface area contributed by atoms with Crippen LogP contribution in [-0.4, -0.2) is 67.9 Å². The fourth-order valence-electron chi connectivity index (χ4n) is 2.05. The second-order valence-electron chi connectivity index (χ2n) is 4.46. The van der Waals surface area contributed by atoms with Crippen LogP contribution in [0.25, 0.3) is 0 Å². The predicted octanol–water partition coefficient (Wildman–Crippen LogP) is -0.661. The minimum absolute atomic E-state index is 0.0832. The maximum Gasteiger partial charge on any atom is 0.224 e. The third kappa shape index (κ3) is 3.86. The Morgan fingerprint density at radius 2 is 2.06 bits per heavy atom. The number of hydrogen-bond donors (Lipinski definition) is 1. The zero-order valence-corrected chi connectivity index (χ0v) is 11.4. The van der Waals surface area contributed by atoms with E-state index in [1.807, 2.05) is 11.8 Å². The summed E-state index contributed by atoms with van der Waals surface area (Å²) in [6.07, 6.45) is 0.493. The van der Waals surface area contributed by atoms with E-state index in [1.165, 1.54) is 0 Å². The van der Waals surface area contributed by atoms with E-state index in [2.05, 4.69) is 5.32 Å². The summed E-state index contributed by atoms with van der Waals surface area (Å²) in [5.41, 5.74) is 0. The number of nitrogens with zero attached hydrogens (tertiary/aromatic N) is 1. The number of carbonyl (C=O) groups is 1. The van der Waals surface area contributed by atoms with Crippen LogP contribution < -0.4 is 5.32 Å². The van der Waals surface area contributed by atoms with Gasteiger partial charge in [0.05, 0.1) is 11.5 Å². The van der Waals surface area contributed by atoms with E-state index in [4.69, 9.17) is 0 Å². The van der Waals surface area contributed by atoms with Gasteiger partial charge in [-0.25, -0.2) is 8.42 Å². The molecule has 1 atom stereocenters. The van der Waals surface area contributed by atoms with Gasteiger partial charge in [-0.05, 0) is 0 Å². The molecule has 2 aliphatic rings. The summed E-state index contributed by atoms with van der Waals surface area (Å²) in [4.78, 5) is 13.6. The fourth-order valence-corrected chi connectivity index (χ4v) is 4.20. The lowest BCUT2D eigenvalue weighted by molar-refractivity contribution is -0.131. The molecule has 0 aromatic carbocycles. The fraction of sp³-hybridized carbons (Fsp3) is 0.900. The van der Waals surface area contributed by atoms with E-state index in [-0.39, 0.29) is 23.5 Å². The van der Waals surface area contributed by atoms with E-state index in [0.717, 1.165) is 18.1 Å². The van der Waals surface area contributed by atoms with Crippen LogP contribution in [0.2, 0.25) is 0 Å². The zero-order chi connectivity index (χ0) is 12.3. The van der Waals surface area contributed by atoms with Crippen molar-refractivity contribution in [3.63, 3.8) is 0 Å². The van der Waals surface area contributed by atoms with Crippen molar-refractivity contribution in [3.8, 4) is 0 Å². The molecule has 2 saturated heterocycles. The number of rotatable bonds is 2. The molecule has 0 aromatic heterocycles. The molecule has 7 heteroatoms. The van der Waals surface area contributed by atoms with Crippen LogP contribution >= 0.6 is 11.8 Å². The summed E-state index contributed by atoms with van der Waals surface area (Å²) in [5.74, 6) is 2.39. The average Bonchev–Trinajstić information content (AvgIpc) is 2.30. The molecule has 0 aliphatic carbocycles. The van der Waals surface area contributed by atoms with Gasteiger partial charge in [0.2, 0.25) is 5.91 Å². The van der Waals surface area contributed by atoms with Crippen LogP contribution in [0.5, 0.6) is 0 Å². The molecule has 0 radical (unpaired) electrons. The van der Waals surface area contributed by atoms with Crippen LogP contribution in [0.4, 0.5) is 0 Å². The van der Waals surface area contributed by atoms with Gasteiger partial charge in [-0.2, -0.15) is 11.8 Å². The van der Waals surface area contributed by atoms with Crippen LogP contribution in [-0.2, 0) is 14.6 Å². The summed E-state index contributed by atoms with van der Waals surface area (Å²) < 4.78 is 22.5. The standard InChI is InChI=1S/C10H18N2O3S2/c13-10(7-9-8-16-4-1-11-9)12-2-5-17(14,15)6-3-12/h9,11H,1-8H2. The molecule has 0 saturated carbocycles. The smallest absolute Gasteiger partial charge is 0.224 e. The van der Waals surface area contributed by atoms with Gasteiger partial charge in [-0.3, -0.25) is 4.79 Å². The summed E-state index contributed by atoms with van der Waals surface area (Å²) in [5, 5.41) is 3.32. The lowest BCUT2D eigenvalue weighted by Crippen LogP contribution is -2.47. The predicted molar refractivity (Wildman–Crippen MR) is 69.0 cm³/mol. The molecule has 17 heavy (non-hydrogen) atoms. The van der Waals surface area contributed by atoms with Crippen molar-refractivity contribution in [2.75, 3.05) is 42.6 Å². The van der Waals surface area contributed by atoms with E-state index < -0.39 is 9.84 Å². The van der Waals surface area contributed by atoms with E-state index in [0.29, 0.717) is 19.5 Å². The Bertz CT molecular complexity index is 363. The van der Waals surface area contributed by atoms with Crippen molar-refractivity contribution in [2.45, 2.75) is 12.5 Å².